The molecule has 10 nitrogen and oxygen atoms in total. The van der Waals surface area contributed by atoms with Crippen molar-refractivity contribution in [3.8, 4) is 11.3 Å². The predicted octanol–water partition coefficient (Wildman–Crippen LogP) is 1.46. The van der Waals surface area contributed by atoms with E-state index in [4.69, 9.17) is 0 Å². The molecular weight excluding hydrogens is 416 g/mol. The molecule has 1 aliphatic heterocycles. The summed E-state index contributed by atoms with van der Waals surface area (Å²) in [6.07, 6.45) is 7.12. The van der Waals surface area contributed by atoms with E-state index in [1.165, 1.54) is 0 Å². The van der Waals surface area contributed by atoms with E-state index in [9.17, 15) is 9.59 Å². The highest BCUT2D eigenvalue weighted by Gasteiger charge is 2.20. The van der Waals surface area contributed by atoms with E-state index < -0.39 is 0 Å². The lowest BCUT2D eigenvalue weighted by molar-refractivity contribution is 0.0929. The van der Waals surface area contributed by atoms with Crippen molar-refractivity contribution in [2.45, 2.75) is 19.8 Å². The van der Waals surface area contributed by atoms with Gasteiger partial charge in [0.25, 0.3) is 11.8 Å². The van der Waals surface area contributed by atoms with Crippen LogP contribution in [0.1, 0.15) is 38.6 Å². The monoisotopic (exact) mass is 438 g/mol. The topological polar surface area (TPSA) is 126 Å². The Kier molecular flexibility index (Phi) is 6.41. The minimum Gasteiger partial charge on any atom is -0.350 e. The lowest BCUT2D eigenvalue weighted by Crippen LogP contribution is -2.35. The minimum absolute atomic E-state index is 0.252. The molecule has 160 valence electrons. The second-order valence-corrected chi connectivity index (χ2v) is 7.82. The summed E-state index contributed by atoms with van der Waals surface area (Å²) in [6, 6.07) is 3.64. The van der Waals surface area contributed by atoms with Gasteiger partial charge in [-0.05, 0) is 43.4 Å². The van der Waals surface area contributed by atoms with Crippen LogP contribution < -0.4 is 15.5 Å². The largest absolute Gasteiger partial charge is 0.350 e. The Hall–Kier alpha value is -3.47. The lowest BCUT2D eigenvalue weighted by atomic mass is 10.1. The van der Waals surface area contributed by atoms with Crippen LogP contribution in [0.5, 0.6) is 0 Å². The SMILES string of the molecule is Cc1nnsc1C(=O)NCCNC(=O)c1cnc(N2CCCC2)nc1-c1ccncc1. The summed E-state index contributed by atoms with van der Waals surface area (Å²) in [5.41, 5.74) is 2.32. The van der Waals surface area contributed by atoms with Crippen LogP contribution in [0.2, 0.25) is 0 Å². The van der Waals surface area contributed by atoms with Crippen molar-refractivity contribution in [1.29, 1.82) is 0 Å². The molecule has 0 unspecified atom stereocenters. The molecule has 2 amide bonds. The van der Waals surface area contributed by atoms with Crippen LogP contribution in [0.25, 0.3) is 11.3 Å². The summed E-state index contributed by atoms with van der Waals surface area (Å²) in [5.74, 6) is 0.0730. The fraction of sp³-hybridized carbons (Fsp3) is 0.350. The first-order valence-corrected chi connectivity index (χ1v) is 10.8. The van der Waals surface area contributed by atoms with Crippen LogP contribution in [0.3, 0.4) is 0 Å². The minimum atomic E-state index is -0.301. The van der Waals surface area contributed by atoms with Crippen molar-refractivity contribution in [2.75, 3.05) is 31.1 Å². The molecule has 4 heterocycles. The Balaban J connectivity index is 1.44. The van der Waals surface area contributed by atoms with Crippen molar-refractivity contribution < 1.29 is 9.59 Å². The van der Waals surface area contributed by atoms with Crippen molar-refractivity contribution in [3.63, 3.8) is 0 Å². The molecule has 0 aromatic carbocycles. The maximum Gasteiger partial charge on any atom is 0.265 e. The number of aromatic nitrogens is 5. The molecule has 1 fully saturated rings. The zero-order chi connectivity index (χ0) is 21.6. The Bertz CT molecular complexity index is 1070. The highest BCUT2D eigenvalue weighted by atomic mass is 32.1. The second kappa shape index (κ2) is 9.56. The molecule has 11 heteroatoms. The summed E-state index contributed by atoms with van der Waals surface area (Å²) in [5, 5.41) is 9.40. The lowest BCUT2D eigenvalue weighted by Gasteiger charge is -2.17. The van der Waals surface area contributed by atoms with Crippen LogP contribution in [0, 0.1) is 6.92 Å². The molecule has 0 bridgehead atoms. The standard InChI is InChI=1S/C20H22N8O2S/c1-13-17(31-27-26-13)19(30)23-9-8-22-18(29)15-12-24-20(28-10-2-3-11-28)25-16(15)14-4-6-21-7-5-14/h4-7,12H,2-3,8-11H2,1H3,(H,22,29)(H,23,30). The third kappa shape index (κ3) is 4.82. The third-order valence-corrected chi connectivity index (χ3v) is 5.74. The van der Waals surface area contributed by atoms with Gasteiger partial charge >= 0.3 is 0 Å². The van der Waals surface area contributed by atoms with Gasteiger partial charge in [-0.25, -0.2) is 9.97 Å². The number of carbonyl (C=O) groups excluding carboxylic acids is 2. The van der Waals surface area contributed by atoms with E-state index >= 15 is 0 Å². The molecule has 1 saturated heterocycles. The summed E-state index contributed by atoms with van der Waals surface area (Å²) in [6.45, 7) is 4.09. The highest BCUT2D eigenvalue weighted by molar-refractivity contribution is 7.08. The smallest absolute Gasteiger partial charge is 0.265 e. The Morgan fingerprint density at radius 2 is 1.81 bits per heavy atom. The number of nitrogens with one attached hydrogen (secondary N) is 2. The second-order valence-electron chi connectivity index (χ2n) is 7.06. The Morgan fingerprint density at radius 3 is 2.48 bits per heavy atom. The van der Waals surface area contributed by atoms with Crippen LogP contribution in [-0.4, -0.2) is 62.5 Å². The summed E-state index contributed by atoms with van der Waals surface area (Å²) >= 11 is 1.04. The highest BCUT2D eigenvalue weighted by Crippen LogP contribution is 2.24. The fourth-order valence-corrected chi connectivity index (χ4v) is 3.88. The van der Waals surface area contributed by atoms with E-state index in [1.54, 1.807) is 25.5 Å². The number of pyridine rings is 1. The van der Waals surface area contributed by atoms with Gasteiger partial charge in [0, 0.05) is 50.3 Å². The Labute approximate surface area is 183 Å². The predicted molar refractivity (Wildman–Crippen MR) is 116 cm³/mol. The molecule has 4 rings (SSSR count). The van der Waals surface area contributed by atoms with Crippen molar-refractivity contribution in [2.24, 2.45) is 0 Å². The maximum absolute atomic E-state index is 12.8. The average molecular weight is 439 g/mol. The van der Waals surface area contributed by atoms with Gasteiger partial charge in [0.05, 0.1) is 17.0 Å². The van der Waals surface area contributed by atoms with E-state index in [2.05, 4.69) is 40.1 Å². The van der Waals surface area contributed by atoms with Gasteiger partial charge < -0.3 is 15.5 Å². The van der Waals surface area contributed by atoms with Gasteiger partial charge in [-0.2, -0.15) is 0 Å². The molecule has 0 spiro atoms. The molecule has 0 saturated carbocycles. The average Bonchev–Trinajstić information content (AvgIpc) is 3.49. The van der Waals surface area contributed by atoms with Crippen LogP contribution >= 0.6 is 11.5 Å². The number of amides is 2. The number of carbonyl (C=O) groups is 2. The quantitative estimate of drug-likeness (QED) is 0.531. The van der Waals surface area contributed by atoms with Crippen molar-refractivity contribution >= 4 is 29.3 Å². The van der Waals surface area contributed by atoms with Crippen molar-refractivity contribution in [1.82, 2.24) is 35.2 Å². The third-order valence-electron chi connectivity index (χ3n) is 4.92. The molecule has 0 radical (unpaired) electrons. The molecule has 3 aromatic heterocycles. The van der Waals surface area contributed by atoms with Gasteiger partial charge in [-0.3, -0.25) is 14.6 Å². The first kappa shape index (κ1) is 20.8. The molecule has 3 aromatic rings. The molecule has 0 atom stereocenters. The van der Waals surface area contributed by atoms with E-state index in [0.29, 0.717) is 27.8 Å². The molecule has 31 heavy (non-hydrogen) atoms. The maximum atomic E-state index is 12.8. The first-order chi connectivity index (χ1) is 15.1. The van der Waals surface area contributed by atoms with Crippen LogP contribution in [0.15, 0.2) is 30.7 Å². The number of nitrogens with zero attached hydrogens (tertiary/aromatic N) is 6. The summed E-state index contributed by atoms with van der Waals surface area (Å²) in [4.78, 5) is 40.7. The number of hydrogen-bond acceptors (Lipinski definition) is 9. The van der Waals surface area contributed by atoms with Crippen LogP contribution in [-0.2, 0) is 0 Å². The van der Waals surface area contributed by atoms with E-state index in [0.717, 1.165) is 43.0 Å². The van der Waals surface area contributed by atoms with E-state index in [1.807, 2.05) is 12.1 Å². The number of aryl methyl sites for hydroxylation is 1. The normalized spacial score (nSPS) is 13.3. The molecular formula is C20H22N8O2S. The van der Waals surface area contributed by atoms with Gasteiger partial charge in [0.15, 0.2) is 0 Å². The van der Waals surface area contributed by atoms with Crippen LogP contribution in [0.4, 0.5) is 5.95 Å². The zero-order valence-electron chi connectivity index (χ0n) is 17.0. The van der Waals surface area contributed by atoms with Gasteiger partial charge in [0.1, 0.15) is 4.88 Å². The number of anilines is 1. The number of hydrogen-bond donors (Lipinski definition) is 2. The molecule has 1 aliphatic rings. The Morgan fingerprint density at radius 1 is 1.10 bits per heavy atom. The van der Waals surface area contributed by atoms with Gasteiger partial charge in [0.2, 0.25) is 5.95 Å². The van der Waals surface area contributed by atoms with E-state index in [-0.39, 0.29) is 24.9 Å². The summed E-state index contributed by atoms with van der Waals surface area (Å²) < 4.78 is 3.75. The van der Waals surface area contributed by atoms with Gasteiger partial charge in [-0.15, -0.1) is 5.10 Å². The fourth-order valence-electron chi connectivity index (χ4n) is 3.31. The van der Waals surface area contributed by atoms with Gasteiger partial charge in [-0.1, -0.05) is 4.49 Å². The van der Waals surface area contributed by atoms with Crippen molar-refractivity contribution in [3.05, 3.63) is 46.9 Å². The zero-order valence-corrected chi connectivity index (χ0v) is 17.9. The summed E-state index contributed by atoms with van der Waals surface area (Å²) in [7, 11) is 0. The molecule has 0 aliphatic carbocycles. The number of rotatable bonds is 7. The first-order valence-electron chi connectivity index (χ1n) is 10.0. The molecule has 2 N–H and O–H groups in total.